The summed E-state index contributed by atoms with van der Waals surface area (Å²) in [6.07, 6.45) is 0. The van der Waals surface area contributed by atoms with Crippen LogP contribution < -0.4 is 0 Å². The number of nitrogens with zero attached hydrogens (tertiary/aromatic N) is 3. The number of amidine groups is 1. The SMILES string of the molecule is CC1=NCCN1C(=O)CO[N+](=O)[O-]. The van der Waals surface area contributed by atoms with Crippen molar-refractivity contribution in [1.29, 1.82) is 0 Å². The fraction of sp³-hybridized carbons (Fsp3) is 0.667. The average Bonchev–Trinajstić information content (AvgIpc) is 2.47. The normalized spacial score (nSPS) is 15.5. The van der Waals surface area contributed by atoms with E-state index in [4.69, 9.17) is 0 Å². The molecule has 0 aromatic heterocycles. The highest BCUT2D eigenvalue weighted by atomic mass is 16.9. The molecule has 0 aromatic carbocycles. The maximum atomic E-state index is 11.2. The Kier molecular flexibility index (Phi) is 2.78. The molecular weight excluding hydrogens is 178 g/mol. The van der Waals surface area contributed by atoms with Gasteiger partial charge >= 0.3 is 0 Å². The van der Waals surface area contributed by atoms with Crippen molar-refractivity contribution in [3.05, 3.63) is 10.1 Å². The third-order valence-corrected chi connectivity index (χ3v) is 1.65. The Balaban J connectivity index is 2.40. The number of hydrogen-bond donors (Lipinski definition) is 0. The van der Waals surface area contributed by atoms with E-state index in [0.29, 0.717) is 18.9 Å². The van der Waals surface area contributed by atoms with Gasteiger partial charge in [-0.05, 0) is 6.92 Å². The summed E-state index contributed by atoms with van der Waals surface area (Å²) < 4.78 is 0. The lowest BCUT2D eigenvalue weighted by Gasteiger charge is -2.14. The predicted octanol–water partition coefficient (Wildman–Crippen LogP) is -0.545. The third kappa shape index (κ3) is 2.39. The molecule has 0 N–H and O–H groups in total. The molecule has 0 bridgehead atoms. The molecule has 1 rings (SSSR count). The van der Waals surface area contributed by atoms with E-state index in [1.165, 1.54) is 4.90 Å². The molecule has 7 heteroatoms. The molecule has 1 amide bonds. The van der Waals surface area contributed by atoms with Crippen LogP contribution >= 0.6 is 0 Å². The van der Waals surface area contributed by atoms with Gasteiger partial charge in [-0.15, -0.1) is 10.1 Å². The lowest BCUT2D eigenvalue weighted by molar-refractivity contribution is -0.754. The molecule has 0 aromatic rings. The molecule has 0 unspecified atom stereocenters. The van der Waals surface area contributed by atoms with Crippen molar-refractivity contribution < 1.29 is 14.7 Å². The van der Waals surface area contributed by atoms with Gasteiger partial charge < -0.3 is 4.84 Å². The van der Waals surface area contributed by atoms with Crippen molar-refractivity contribution in [1.82, 2.24) is 4.90 Å². The maximum Gasteiger partial charge on any atom is 0.295 e. The van der Waals surface area contributed by atoms with Crippen molar-refractivity contribution in [3.63, 3.8) is 0 Å². The summed E-state index contributed by atoms with van der Waals surface area (Å²) in [5, 5.41) is 8.80. The van der Waals surface area contributed by atoms with E-state index in [9.17, 15) is 14.9 Å². The second kappa shape index (κ2) is 3.83. The van der Waals surface area contributed by atoms with Gasteiger partial charge in [-0.1, -0.05) is 0 Å². The minimum absolute atomic E-state index is 0.435. The third-order valence-electron chi connectivity index (χ3n) is 1.65. The van der Waals surface area contributed by atoms with Crippen molar-refractivity contribution in [3.8, 4) is 0 Å². The molecule has 0 aliphatic carbocycles. The zero-order valence-electron chi connectivity index (χ0n) is 7.10. The fourth-order valence-electron chi connectivity index (χ4n) is 1.05. The Hall–Kier alpha value is -1.66. The van der Waals surface area contributed by atoms with E-state index < -0.39 is 17.6 Å². The van der Waals surface area contributed by atoms with Crippen LogP contribution in [0.5, 0.6) is 0 Å². The number of carbonyl (C=O) groups excluding carboxylic acids is 1. The summed E-state index contributed by atoms with van der Waals surface area (Å²) in [5.74, 6) is 0.146. The lowest BCUT2D eigenvalue weighted by atomic mass is 10.5. The zero-order chi connectivity index (χ0) is 9.84. The molecule has 7 nitrogen and oxygen atoms in total. The molecule has 0 atom stereocenters. The van der Waals surface area contributed by atoms with Gasteiger partial charge in [0, 0.05) is 6.54 Å². The molecule has 0 saturated heterocycles. The van der Waals surface area contributed by atoms with Gasteiger partial charge in [0.05, 0.1) is 6.54 Å². The van der Waals surface area contributed by atoms with Crippen molar-refractivity contribution in [2.45, 2.75) is 6.92 Å². The summed E-state index contributed by atoms with van der Waals surface area (Å²) >= 11 is 0. The Morgan fingerprint density at radius 1 is 1.85 bits per heavy atom. The molecule has 0 radical (unpaired) electrons. The van der Waals surface area contributed by atoms with Gasteiger partial charge in [0.2, 0.25) is 0 Å². The molecule has 0 saturated carbocycles. The smallest absolute Gasteiger partial charge is 0.295 e. The molecule has 1 aliphatic heterocycles. The number of rotatable bonds is 3. The van der Waals surface area contributed by atoms with E-state index in [1.807, 2.05) is 0 Å². The molecular formula is C6H9N3O4. The number of amides is 1. The summed E-state index contributed by atoms with van der Waals surface area (Å²) in [7, 11) is 0. The maximum absolute atomic E-state index is 11.2. The van der Waals surface area contributed by atoms with Crippen LogP contribution in [0.4, 0.5) is 0 Å². The Labute approximate surface area is 74.1 Å². The van der Waals surface area contributed by atoms with Crippen LogP contribution in [0.15, 0.2) is 4.99 Å². The summed E-state index contributed by atoms with van der Waals surface area (Å²) in [6.45, 7) is 2.17. The molecule has 13 heavy (non-hydrogen) atoms. The van der Waals surface area contributed by atoms with E-state index in [2.05, 4.69) is 9.83 Å². The average molecular weight is 187 g/mol. The second-order valence-corrected chi connectivity index (χ2v) is 2.47. The van der Waals surface area contributed by atoms with Gasteiger partial charge in [-0.2, -0.15) is 0 Å². The minimum Gasteiger partial charge on any atom is -0.304 e. The van der Waals surface area contributed by atoms with Gasteiger partial charge in [-0.3, -0.25) is 14.7 Å². The van der Waals surface area contributed by atoms with Crippen LogP contribution in [0.2, 0.25) is 0 Å². The van der Waals surface area contributed by atoms with Crippen LogP contribution in [0.3, 0.4) is 0 Å². The first-order valence-corrected chi connectivity index (χ1v) is 3.70. The fourth-order valence-corrected chi connectivity index (χ4v) is 1.05. The topological polar surface area (TPSA) is 85.0 Å². The van der Waals surface area contributed by atoms with E-state index in [1.54, 1.807) is 6.92 Å². The number of hydrogen-bond acceptors (Lipinski definition) is 5. The number of aliphatic imine (C=N–C) groups is 1. The highest BCUT2D eigenvalue weighted by Gasteiger charge is 2.20. The Bertz CT molecular complexity index is 263. The van der Waals surface area contributed by atoms with Crippen molar-refractivity contribution in [2.75, 3.05) is 19.7 Å². The first-order chi connectivity index (χ1) is 6.11. The molecule has 0 spiro atoms. The standard InChI is InChI=1S/C6H9N3O4/c1-5-7-2-3-8(5)6(10)4-13-9(11)12/h2-4H2,1H3. The van der Waals surface area contributed by atoms with Crippen LogP contribution in [0, 0.1) is 10.1 Å². The Morgan fingerprint density at radius 3 is 3.00 bits per heavy atom. The summed E-state index contributed by atoms with van der Waals surface area (Å²) in [6, 6.07) is 0. The second-order valence-electron chi connectivity index (χ2n) is 2.47. The monoisotopic (exact) mass is 187 g/mol. The quantitative estimate of drug-likeness (QED) is 0.438. The van der Waals surface area contributed by atoms with Gasteiger partial charge in [0.15, 0.2) is 6.61 Å². The molecule has 1 aliphatic rings. The largest absolute Gasteiger partial charge is 0.304 e. The summed E-state index contributed by atoms with van der Waals surface area (Å²) in [4.78, 5) is 30.2. The predicted molar refractivity (Wildman–Crippen MR) is 42.6 cm³/mol. The van der Waals surface area contributed by atoms with Gasteiger partial charge in [0.25, 0.3) is 11.0 Å². The van der Waals surface area contributed by atoms with Crippen LogP contribution in [0.25, 0.3) is 0 Å². The van der Waals surface area contributed by atoms with E-state index in [0.717, 1.165) is 0 Å². The summed E-state index contributed by atoms with van der Waals surface area (Å²) in [5.41, 5.74) is 0. The first-order valence-electron chi connectivity index (χ1n) is 3.70. The van der Waals surface area contributed by atoms with Crippen molar-refractivity contribution >= 4 is 11.7 Å². The van der Waals surface area contributed by atoms with Gasteiger partial charge in [0.1, 0.15) is 5.84 Å². The first kappa shape index (κ1) is 9.43. The Morgan fingerprint density at radius 2 is 2.54 bits per heavy atom. The minimum atomic E-state index is -0.986. The molecule has 1 heterocycles. The van der Waals surface area contributed by atoms with E-state index in [-0.39, 0.29) is 0 Å². The lowest BCUT2D eigenvalue weighted by Crippen LogP contribution is -2.36. The highest BCUT2D eigenvalue weighted by Crippen LogP contribution is 2.01. The molecule has 0 fully saturated rings. The van der Waals surface area contributed by atoms with Crippen LogP contribution in [-0.2, 0) is 9.63 Å². The van der Waals surface area contributed by atoms with E-state index >= 15 is 0 Å². The van der Waals surface area contributed by atoms with Crippen LogP contribution in [-0.4, -0.2) is 41.4 Å². The highest BCUT2D eigenvalue weighted by molar-refractivity contribution is 5.98. The van der Waals surface area contributed by atoms with Crippen molar-refractivity contribution in [2.24, 2.45) is 4.99 Å². The molecule has 72 valence electrons. The van der Waals surface area contributed by atoms with Crippen LogP contribution in [0.1, 0.15) is 6.92 Å². The zero-order valence-corrected chi connectivity index (χ0v) is 7.10. The van der Waals surface area contributed by atoms with Gasteiger partial charge in [-0.25, -0.2) is 0 Å². The number of carbonyl (C=O) groups is 1.